The maximum atomic E-state index is 13.4. The lowest BCUT2D eigenvalue weighted by Crippen LogP contribution is -2.69. The van der Waals surface area contributed by atoms with Crippen LogP contribution in [-0.4, -0.2) is 62.7 Å². The zero-order valence-electron chi connectivity index (χ0n) is 31.1. The molecule has 1 unspecified atom stereocenters. The molecule has 0 amide bonds. The van der Waals surface area contributed by atoms with Crippen molar-refractivity contribution in [3.8, 4) is 0 Å². The van der Waals surface area contributed by atoms with Gasteiger partial charge in [0.1, 0.15) is 5.82 Å². The number of ether oxygens (including phenoxy) is 2. The number of allylic oxidation sites excluding steroid dienone is 1. The second-order valence-corrected chi connectivity index (χ2v) is 18.7. The van der Waals surface area contributed by atoms with Crippen LogP contribution in [0.1, 0.15) is 120 Å². The van der Waals surface area contributed by atoms with Gasteiger partial charge in [0, 0.05) is 16.4 Å². The highest BCUT2D eigenvalue weighted by atomic mass is 16.5. The minimum atomic E-state index is -0.620. The van der Waals surface area contributed by atoms with E-state index in [4.69, 9.17) is 15.2 Å². The number of aromatic nitrogens is 4. The summed E-state index contributed by atoms with van der Waals surface area (Å²) in [5, 5.41) is 24.0. The predicted octanol–water partition coefficient (Wildman–Crippen LogP) is 6.87. The van der Waals surface area contributed by atoms with E-state index >= 15 is 0 Å². The molecule has 0 spiro atoms. The number of carboxylic acids is 1. The summed E-state index contributed by atoms with van der Waals surface area (Å²) in [4.78, 5) is 13.4. The van der Waals surface area contributed by atoms with Crippen molar-refractivity contribution in [2.75, 3.05) is 19.8 Å². The molecule has 3 N–H and O–H groups in total. The topological polar surface area (TPSA) is 125 Å². The quantitative estimate of drug-likeness (QED) is 0.291. The molecule has 1 aliphatic heterocycles. The maximum Gasteiger partial charge on any atom is 0.307 e. The second-order valence-electron chi connectivity index (χ2n) is 18.7. The first-order valence-electron chi connectivity index (χ1n) is 18.5. The minimum Gasteiger partial charge on any atom is -0.481 e. The monoisotopic (exact) mass is 653 g/mol. The molecule has 9 heteroatoms. The van der Waals surface area contributed by atoms with E-state index in [1.54, 1.807) is 0 Å². The van der Waals surface area contributed by atoms with Gasteiger partial charge in [-0.25, -0.2) is 4.68 Å². The molecule has 6 rings (SSSR count). The number of aryl methyl sites for hydroxylation is 1. The smallest absolute Gasteiger partial charge is 0.307 e. The number of nitrogens with two attached hydrogens (primary N) is 1. The Morgan fingerprint density at radius 1 is 1.13 bits per heavy atom. The van der Waals surface area contributed by atoms with Crippen LogP contribution >= 0.6 is 0 Å². The molecule has 3 saturated carbocycles. The first kappa shape index (κ1) is 35.0. The number of tetrazole rings is 1. The van der Waals surface area contributed by atoms with Gasteiger partial charge in [-0.2, -0.15) is 0 Å². The summed E-state index contributed by atoms with van der Waals surface area (Å²) in [5.41, 5.74) is 6.66. The van der Waals surface area contributed by atoms with Crippen molar-refractivity contribution in [3.05, 3.63) is 17.5 Å². The van der Waals surface area contributed by atoms with Gasteiger partial charge < -0.3 is 20.3 Å². The molecule has 0 aromatic carbocycles. The number of hydrogen-bond acceptors (Lipinski definition) is 7. The molecule has 5 aliphatic rings. The van der Waals surface area contributed by atoms with E-state index in [0.717, 1.165) is 44.3 Å². The fraction of sp³-hybridized carbons (Fsp3) is 0.895. The van der Waals surface area contributed by atoms with Crippen LogP contribution in [0.5, 0.6) is 0 Å². The molecule has 2 heterocycles. The molecule has 1 saturated heterocycles. The van der Waals surface area contributed by atoms with Gasteiger partial charge in [-0.15, -0.1) is 5.10 Å². The molecule has 4 aliphatic carbocycles. The molecule has 1 aromatic heterocycles. The Bertz CT molecular complexity index is 1410. The standard InChI is InChI=1S/C38H63N5O4/c1-22(2)24(5)33(7)16-17-35(9)26-12-13-29-34(8)19-46-21-38(29,27(26)14-15-36(35,10)30(33)32(44)45)18-28(43-25(6)40-41-42-43)31(34)47-20-37(11,39)23(3)4/h14,22-24,26,28-31H,12-13,15-21,39H2,1-11H3,(H,44,45)/t24-,26+,28-,29+,30?,31+,33-,34+,35-,36+,37+,38+/m1/s1. The third-order valence-electron chi connectivity index (χ3n) is 16.0. The van der Waals surface area contributed by atoms with Crippen molar-refractivity contribution in [2.24, 2.45) is 68.3 Å². The summed E-state index contributed by atoms with van der Waals surface area (Å²) in [5.74, 6) is 1.47. The molecular weight excluding hydrogens is 590 g/mol. The molecule has 0 radical (unpaired) electrons. The molecule has 264 valence electrons. The van der Waals surface area contributed by atoms with Gasteiger partial charge in [0.05, 0.1) is 37.9 Å². The lowest BCUT2D eigenvalue weighted by Gasteiger charge is -2.71. The number of rotatable bonds is 8. The van der Waals surface area contributed by atoms with Crippen LogP contribution in [0.3, 0.4) is 0 Å². The fourth-order valence-electron chi connectivity index (χ4n) is 12.1. The van der Waals surface area contributed by atoms with Crippen molar-refractivity contribution in [2.45, 2.75) is 132 Å². The third kappa shape index (κ3) is 4.78. The molecule has 1 aromatic rings. The lowest BCUT2D eigenvalue weighted by atomic mass is 9.34. The highest BCUT2D eigenvalue weighted by molar-refractivity contribution is 5.73. The van der Waals surface area contributed by atoms with E-state index in [1.165, 1.54) is 5.57 Å². The summed E-state index contributed by atoms with van der Waals surface area (Å²) >= 11 is 0. The van der Waals surface area contributed by atoms with E-state index in [2.05, 4.69) is 90.8 Å². The highest BCUT2D eigenvalue weighted by Crippen LogP contribution is 2.75. The Morgan fingerprint density at radius 3 is 2.43 bits per heavy atom. The molecular formula is C38H63N5O4. The molecule has 9 nitrogen and oxygen atoms in total. The van der Waals surface area contributed by atoms with E-state index in [1.807, 2.05) is 11.6 Å². The van der Waals surface area contributed by atoms with Crippen molar-refractivity contribution in [3.63, 3.8) is 0 Å². The van der Waals surface area contributed by atoms with Crippen molar-refractivity contribution in [1.29, 1.82) is 0 Å². The van der Waals surface area contributed by atoms with Gasteiger partial charge in [-0.05, 0) is 109 Å². The maximum absolute atomic E-state index is 13.4. The summed E-state index contributed by atoms with van der Waals surface area (Å²) in [7, 11) is 0. The van der Waals surface area contributed by atoms with Gasteiger partial charge in [0.15, 0.2) is 0 Å². The molecule has 12 atom stereocenters. The molecule has 4 fully saturated rings. The minimum absolute atomic E-state index is 0.0628. The predicted molar refractivity (Wildman–Crippen MR) is 182 cm³/mol. The summed E-state index contributed by atoms with van der Waals surface area (Å²) in [6, 6.07) is -0.0628. The second kappa shape index (κ2) is 11.3. The SMILES string of the molecule is Cc1nnnn1[C@@H]1C[C@@]23COC[C@@](C)([C@@H]2CC[C@H]2C3=CC[C@@]3(C)C(C(=O)O)[C@@](C)([C@H](C)C(C)C)CC[C@]23C)[C@H]1OC[C@](C)(N)C(C)C. The first-order valence-corrected chi connectivity index (χ1v) is 18.5. The number of hydrogen-bond donors (Lipinski definition) is 2. The van der Waals surface area contributed by atoms with E-state index < -0.39 is 17.4 Å². The van der Waals surface area contributed by atoms with Crippen molar-refractivity contribution >= 4 is 5.97 Å². The third-order valence-corrected chi connectivity index (χ3v) is 16.0. The van der Waals surface area contributed by atoms with Gasteiger partial charge >= 0.3 is 5.97 Å². The number of carbonyl (C=O) groups is 1. The Morgan fingerprint density at radius 2 is 1.83 bits per heavy atom. The van der Waals surface area contributed by atoms with Gasteiger partial charge in [-0.3, -0.25) is 4.79 Å². The number of carboxylic acid groups (broad SMARTS) is 1. The van der Waals surface area contributed by atoms with Crippen LogP contribution < -0.4 is 5.73 Å². The van der Waals surface area contributed by atoms with E-state index in [0.29, 0.717) is 43.5 Å². The molecule has 2 bridgehead atoms. The highest BCUT2D eigenvalue weighted by Gasteiger charge is 2.72. The van der Waals surface area contributed by atoms with Crippen LogP contribution in [0.2, 0.25) is 0 Å². The van der Waals surface area contributed by atoms with Crippen molar-refractivity contribution < 1.29 is 19.4 Å². The van der Waals surface area contributed by atoms with E-state index in [9.17, 15) is 9.90 Å². The zero-order valence-corrected chi connectivity index (χ0v) is 31.1. The van der Waals surface area contributed by atoms with E-state index in [-0.39, 0.29) is 45.1 Å². The van der Waals surface area contributed by atoms with Crippen LogP contribution in [0.4, 0.5) is 0 Å². The largest absolute Gasteiger partial charge is 0.481 e. The van der Waals surface area contributed by atoms with Crippen LogP contribution in [0.15, 0.2) is 11.6 Å². The van der Waals surface area contributed by atoms with Crippen molar-refractivity contribution in [1.82, 2.24) is 20.2 Å². The van der Waals surface area contributed by atoms with Crippen LogP contribution in [-0.2, 0) is 14.3 Å². The number of aliphatic carboxylic acids is 1. The van der Waals surface area contributed by atoms with Gasteiger partial charge in [-0.1, -0.05) is 74.0 Å². The number of nitrogens with zero attached hydrogens (tertiary/aromatic N) is 4. The average molecular weight is 654 g/mol. The average Bonchev–Trinajstić information content (AvgIpc) is 3.41. The van der Waals surface area contributed by atoms with Gasteiger partial charge in [0.2, 0.25) is 0 Å². The summed E-state index contributed by atoms with van der Waals surface area (Å²) in [6.07, 6.45) is 8.12. The normalized spacial score (nSPS) is 45.0. The summed E-state index contributed by atoms with van der Waals surface area (Å²) in [6.45, 7) is 26.4. The van der Waals surface area contributed by atoms with Crippen LogP contribution in [0, 0.1) is 69.5 Å². The Kier molecular flexibility index (Phi) is 8.45. The molecule has 47 heavy (non-hydrogen) atoms. The Balaban J connectivity index is 1.45. The Hall–Kier alpha value is -1.84. The van der Waals surface area contributed by atoms with Gasteiger partial charge in [0.25, 0.3) is 0 Å². The lowest BCUT2D eigenvalue weighted by molar-refractivity contribution is -0.253. The van der Waals surface area contributed by atoms with Crippen LogP contribution in [0.25, 0.3) is 0 Å². The fourth-order valence-corrected chi connectivity index (χ4v) is 12.1. The first-order chi connectivity index (χ1) is 21.8. The Labute approximate surface area is 283 Å². The zero-order chi connectivity index (χ0) is 34.5. The number of fused-ring (bicyclic) bond motifs is 3. The summed E-state index contributed by atoms with van der Waals surface area (Å²) < 4.78 is 15.7.